The van der Waals surface area contributed by atoms with Crippen molar-refractivity contribution in [2.75, 3.05) is 24.0 Å². The van der Waals surface area contributed by atoms with Gasteiger partial charge in [-0.25, -0.2) is 27.7 Å². The van der Waals surface area contributed by atoms with E-state index in [4.69, 9.17) is 4.74 Å². The van der Waals surface area contributed by atoms with Crippen molar-refractivity contribution in [2.45, 2.75) is 32.0 Å². The number of esters is 1. The fraction of sp³-hybridized carbons (Fsp3) is 0.308. The molecule has 1 atom stereocenters. The number of hydrogen-bond donors (Lipinski definition) is 1. The Morgan fingerprint density at radius 2 is 1.95 bits per heavy atom. The van der Waals surface area contributed by atoms with Crippen molar-refractivity contribution in [3.8, 4) is 6.07 Å². The number of H-pyrrole nitrogens is 1. The quantitative estimate of drug-likeness (QED) is 0.422. The molecule has 1 aliphatic heterocycles. The summed E-state index contributed by atoms with van der Waals surface area (Å²) in [6.07, 6.45) is -3.15. The molecule has 0 saturated carbocycles. The highest BCUT2D eigenvalue weighted by atomic mass is 32.2. The first-order valence-electron chi connectivity index (χ1n) is 11.9. The van der Waals surface area contributed by atoms with E-state index in [2.05, 4.69) is 10.2 Å². The molecule has 0 spiro atoms. The van der Waals surface area contributed by atoms with Gasteiger partial charge in [-0.3, -0.25) is 4.90 Å². The molecule has 0 bridgehead atoms. The summed E-state index contributed by atoms with van der Waals surface area (Å²) in [5, 5.41) is 15.8. The Labute approximate surface area is 227 Å². The average molecular weight is 576 g/mol. The lowest BCUT2D eigenvalue weighted by Gasteiger charge is -2.36. The molecule has 2 heterocycles. The summed E-state index contributed by atoms with van der Waals surface area (Å²) in [6.45, 7) is 1.50. The zero-order valence-electron chi connectivity index (χ0n) is 21.6. The number of anilines is 2. The topological polar surface area (TPSA) is 138 Å². The number of allylic oxidation sites excluding steroid dienone is 1. The number of alkyl halides is 3. The second-order valence-corrected chi connectivity index (χ2v) is 11.5. The summed E-state index contributed by atoms with van der Waals surface area (Å²) in [4.78, 5) is 27.6. The molecule has 1 N–H and O–H groups in total. The minimum absolute atomic E-state index is 0.000586. The number of fused-ring (bicyclic) bond motifs is 1. The highest BCUT2D eigenvalue weighted by molar-refractivity contribution is 7.90. The molecule has 1 aliphatic rings. The van der Waals surface area contributed by atoms with E-state index < -0.39 is 39.3 Å². The zero-order chi connectivity index (χ0) is 29.4. The summed E-state index contributed by atoms with van der Waals surface area (Å²) in [7, 11) is -2.16. The van der Waals surface area contributed by atoms with Gasteiger partial charge >= 0.3 is 17.8 Å². The van der Waals surface area contributed by atoms with Crippen molar-refractivity contribution in [3.63, 3.8) is 0 Å². The van der Waals surface area contributed by atoms with Crippen LogP contribution in [0, 0.1) is 11.3 Å². The molecule has 0 fully saturated rings. The van der Waals surface area contributed by atoms with Crippen LogP contribution in [0.3, 0.4) is 0 Å². The number of sulfone groups is 1. The lowest BCUT2D eigenvalue weighted by Crippen LogP contribution is -2.38. The van der Waals surface area contributed by atoms with Crippen LogP contribution >= 0.6 is 0 Å². The van der Waals surface area contributed by atoms with Crippen molar-refractivity contribution in [3.05, 3.63) is 86.5 Å². The number of nitriles is 1. The van der Waals surface area contributed by atoms with Crippen LogP contribution in [0.5, 0.6) is 0 Å². The number of aromatic nitrogens is 3. The molecule has 10 nitrogen and oxygen atoms in total. The Bertz CT molecular complexity index is 1720. The number of aromatic amines is 1. The number of rotatable bonds is 7. The Morgan fingerprint density at radius 1 is 1.23 bits per heavy atom. The van der Waals surface area contributed by atoms with Gasteiger partial charge in [-0.15, -0.1) is 5.10 Å². The molecule has 0 aliphatic carbocycles. The van der Waals surface area contributed by atoms with Crippen LogP contribution in [0.2, 0.25) is 0 Å². The van der Waals surface area contributed by atoms with E-state index in [9.17, 15) is 36.4 Å². The number of ether oxygens (including phenoxy) is 1. The standard InChI is InChI=1S/C26H24F3N5O5S/c1-15-21(23(35)39-2)22(20-10-9-16(14-30)12-17(20)6-5-11-40(3,37)38)34-24(31-32-25(34)36)33(15)19-8-4-7-18(13-19)26(27,28)29/h4,7-10,12-13,22H,5-6,11H2,1-3H3,(H,32,36)/t22-/m1/s1. The van der Waals surface area contributed by atoms with Gasteiger partial charge in [0.25, 0.3) is 0 Å². The first-order valence-corrected chi connectivity index (χ1v) is 14.0. The summed E-state index contributed by atoms with van der Waals surface area (Å²) < 4.78 is 70.2. The molecular weight excluding hydrogens is 551 g/mol. The number of methoxy groups -OCH3 is 1. The second kappa shape index (κ2) is 10.6. The van der Waals surface area contributed by atoms with E-state index in [0.29, 0.717) is 11.1 Å². The second-order valence-electron chi connectivity index (χ2n) is 9.23. The minimum Gasteiger partial charge on any atom is -0.466 e. The summed E-state index contributed by atoms with van der Waals surface area (Å²) >= 11 is 0. The number of nitrogens with one attached hydrogen (secondary N) is 1. The van der Waals surface area contributed by atoms with Gasteiger partial charge in [0.2, 0.25) is 5.95 Å². The maximum Gasteiger partial charge on any atom is 0.416 e. The number of aryl methyl sites for hydroxylation is 1. The van der Waals surface area contributed by atoms with Crippen LogP contribution in [0.15, 0.2) is 58.5 Å². The Morgan fingerprint density at radius 3 is 2.58 bits per heavy atom. The van der Waals surface area contributed by atoms with Gasteiger partial charge in [-0.2, -0.15) is 18.4 Å². The fourth-order valence-electron chi connectivity index (χ4n) is 4.76. The van der Waals surface area contributed by atoms with E-state index in [1.807, 2.05) is 6.07 Å². The van der Waals surface area contributed by atoms with Crippen LogP contribution in [-0.4, -0.2) is 48.3 Å². The van der Waals surface area contributed by atoms with Crippen molar-refractivity contribution in [2.24, 2.45) is 0 Å². The maximum absolute atomic E-state index is 13.5. The molecule has 0 saturated heterocycles. The van der Waals surface area contributed by atoms with Gasteiger partial charge in [-0.05, 0) is 61.2 Å². The van der Waals surface area contributed by atoms with E-state index in [0.717, 1.165) is 30.1 Å². The number of benzene rings is 2. The molecule has 14 heteroatoms. The predicted molar refractivity (Wildman–Crippen MR) is 138 cm³/mol. The van der Waals surface area contributed by atoms with E-state index in [-0.39, 0.29) is 47.1 Å². The number of carbonyl (C=O) groups is 1. The van der Waals surface area contributed by atoms with Gasteiger partial charge in [0.1, 0.15) is 15.9 Å². The average Bonchev–Trinajstić information content (AvgIpc) is 3.27. The SMILES string of the molecule is COC(=O)C1=C(C)N(c2cccc(C(F)(F)F)c2)c2n[nH]c(=O)n2[C@@H]1c1ccc(C#N)cc1CCCS(C)(=O)=O. The molecular formula is C26H24F3N5O5S. The highest BCUT2D eigenvalue weighted by Gasteiger charge is 2.41. The van der Waals surface area contributed by atoms with Crippen LogP contribution in [0.1, 0.15) is 41.6 Å². The van der Waals surface area contributed by atoms with Crippen molar-refractivity contribution < 1.29 is 31.1 Å². The normalized spacial score (nSPS) is 15.5. The molecule has 1 aromatic heterocycles. The number of hydrogen-bond acceptors (Lipinski definition) is 8. The zero-order valence-corrected chi connectivity index (χ0v) is 22.4. The molecule has 0 unspecified atom stereocenters. The Kier molecular flexibility index (Phi) is 7.62. The lowest BCUT2D eigenvalue weighted by molar-refractivity contribution is -0.138. The number of carbonyl (C=O) groups excluding carboxylic acids is 1. The number of nitrogens with zero attached hydrogens (tertiary/aromatic N) is 4. The lowest BCUT2D eigenvalue weighted by atomic mass is 9.88. The highest BCUT2D eigenvalue weighted by Crippen LogP contribution is 2.43. The Hall–Kier alpha value is -4.38. The molecule has 210 valence electrons. The summed E-state index contributed by atoms with van der Waals surface area (Å²) in [5.41, 5.74) is -0.393. The van der Waals surface area contributed by atoms with Gasteiger partial charge in [-0.1, -0.05) is 12.1 Å². The largest absolute Gasteiger partial charge is 0.466 e. The summed E-state index contributed by atoms with van der Waals surface area (Å²) in [5.74, 6) is -1.05. The molecule has 0 radical (unpaired) electrons. The fourth-order valence-corrected chi connectivity index (χ4v) is 5.43. The molecule has 40 heavy (non-hydrogen) atoms. The van der Waals surface area contributed by atoms with E-state index >= 15 is 0 Å². The van der Waals surface area contributed by atoms with Crippen LogP contribution < -0.4 is 10.6 Å². The van der Waals surface area contributed by atoms with Gasteiger partial charge in [0.15, 0.2) is 0 Å². The first-order chi connectivity index (χ1) is 18.8. The monoisotopic (exact) mass is 575 g/mol. The van der Waals surface area contributed by atoms with E-state index in [1.165, 1.54) is 30.0 Å². The predicted octanol–water partition coefficient (Wildman–Crippen LogP) is 3.63. The molecule has 0 amide bonds. The maximum atomic E-state index is 13.5. The van der Waals surface area contributed by atoms with Crippen LogP contribution in [0.4, 0.5) is 24.8 Å². The van der Waals surface area contributed by atoms with Gasteiger partial charge in [0, 0.05) is 17.6 Å². The van der Waals surface area contributed by atoms with Crippen molar-refractivity contribution in [1.29, 1.82) is 5.26 Å². The van der Waals surface area contributed by atoms with Crippen LogP contribution in [0.25, 0.3) is 0 Å². The summed E-state index contributed by atoms with van der Waals surface area (Å²) in [6, 6.07) is 9.83. The van der Waals surface area contributed by atoms with Gasteiger partial charge < -0.3 is 4.74 Å². The third-order valence-electron chi connectivity index (χ3n) is 6.51. The minimum atomic E-state index is -4.65. The Balaban J connectivity index is 1.97. The van der Waals surface area contributed by atoms with E-state index in [1.54, 1.807) is 12.1 Å². The smallest absolute Gasteiger partial charge is 0.416 e. The molecule has 4 rings (SSSR count). The molecule has 3 aromatic rings. The molecule has 2 aromatic carbocycles. The first kappa shape index (κ1) is 28.6. The third kappa shape index (κ3) is 5.50. The van der Waals surface area contributed by atoms with Gasteiger partial charge in [0.05, 0.1) is 35.6 Å². The van der Waals surface area contributed by atoms with Crippen molar-refractivity contribution in [1.82, 2.24) is 14.8 Å². The number of halogens is 3. The third-order valence-corrected chi connectivity index (χ3v) is 7.54. The van der Waals surface area contributed by atoms with Crippen LogP contribution in [-0.2, 0) is 32.0 Å². The van der Waals surface area contributed by atoms with Crippen molar-refractivity contribution >= 4 is 27.4 Å².